The van der Waals surface area contributed by atoms with Crippen LogP contribution in [0.25, 0.3) is 0 Å². The Kier molecular flexibility index (Phi) is 10.2. The van der Waals surface area contributed by atoms with Gasteiger partial charge in [-0.2, -0.15) is 0 Å². The number of rotatable bonds is 10. The molecule has 7 N–H and O–H groups in total. The average molecular weight is 553 g/mol. The summed E-state index contributed by atoms with van der Waals surface area (Å²) in [6.07, 6.45) is 1.06. The first-order chi connectivity index (χ1) is 16.1. The number of nitrogen functional groups attached to an aromatic ring is 1. The number of oxime groups is 1. The van der Waals surface area contributed by atoms with Gasteiger partial charge in [0, 0.05) is 22.1 Å². The number of β-lactam (4-membered cyclic amide) rings is 1. The van der Waals surface area contributed by atoms with Crippen LogP contribution in [0.4, 0.5) is 5.13 Å². The molecular weight excluding hydrogens is 535 g/mol. The molecule has 1 aromatic heterocycles. The van der Waals surface area contributed by atoms with Crippen molar-refractivity contribution in [1.29, 1.82) is 0 Å². The van der Waals surface area contributed by atoms with E-state index in [0.29, 0.717) is 4.91 Å². The van der Waals surface area contributed by atoms with Gasteiger partial charge in [-0.3, -0.25) is 19.3 Å². The Morgan fingerprint density at radius 1 is 1.37 bits per heavy atom. The van der Waals surface area contributed by atoms with Crippen LogP contribution in [0.15, 0.2) is 32.6 Å². The van der Waals surface area contributed by atoms with Crippen LogP contribution >= 0.6 is 34.9 Å². The Bertz CT molecular complexity index is 1150. The number of carbonyl (C=O) groups excluding carboxylic acids is 3. The summed E-state index contributed by atoms with van der Waals surface area (Å²) in [6.45, 7) is -0.817. The molecule has 0 unspecified atom stereocenters. The van der Waals surface area contributed by atoms with Gasteiger partial charge in [-0.05, 0) is 5.41 Å². The van der Waals surface area contributed by atoms with E-state index in [1.165, 1.54) is 22.5 Å². The number of thioether (sulfide) groups is 2. The topological polar surface area (TPSA) is 228 Å². The van der Waals surface area contributed by atoms with E-state index in [0.717, 1.165) is 34.1 Å². The van der Waals surface area contributed by atoms with Crippen LogP contribution in [-0.2, 0) is 28.8 Å². The fraction of sp³-hybridized carbons (Fsp3) is 0.235. The molecule has 1 aromatic rings. The summed E-state index contributed by atoms with van der Waals surface area (Å²) < 4.78 is 0. The fourth-order valence-electron chi connectivity index (χ4n) is 2.83. The van der Waals surface area contributed by atoms with Gasteiger partial charge in [-0.1, -0.05) is 16.9 Å². The molecule has 18 heteroatoms. The van der Waals surface area contributed by atoms with Gasteiger partial charge in [0.1, 0.15) is 22.8 Å². The van der Waals surface area contributed by atoms with E-state index in [1.807, 2.05) is 0 Å². The van der Waals surface area contributed by atoms with Crippen LogP contribution < -0.4 is 16.8 Å². The minimum atomic E-state index is -1.35. The summed E-state index contributed by atoms with van der Waals surface area (Å²) in [7, 11) is 0. The maximum absolute atomic E-state index is 12.8. The van der Waals surface area contributed by atoms with Gasteiger partial charge < -0.3 is 31.8 Å². The van der Waals surface area contributed by atoms with Crippen LogP contribution in [0.1, 0.15) is 5.69 Å². The quantitative estimate of drug-likeness (QED) is 0.0720. The number of carboxylic acids is 2. The van der Waals surface area contributed by atoms with Crippen molar-refractivity contribution < 1.29 is 39.0 Å². The molecule has 1 fully saturated rings. The number of hydrogen-bond donors (Lipinski definition) is 5. The molecule has 0 bridgehead atoms. The Morgan fingerprint density at radius 3 is 2.66 bits per heavy atom. The summed E-state index contributed by atoms with van der Waals surface area (Å²) >= 11 is 3.16. The molecule has 0 spiro atoms. The Morgan fingerprint density at radius 2 is 2.09 bits per heavy atom. The third-order valence-electron chi connectivity index (χ3n) is 4.19. The molecule has 35 heavy (non-hydrogen) atoms. The molecule has 2 aliphatic heterocycles. The number of fused-ring (bicyclic) bond motifs is 1. The normalized spacial score (nSPS) is 19.5. The van der Waals surface area contributed by atoms with Gasteiger partial charge in [0.2, 0.25) is 12.5 Å². The van der Waals surface area contributed by atoms with E-state index in [4.69, 9.17) is 16.6 Å². The molecule has 3 amide bonds. The standard InChI is InChI=1S/C17H16N6O8S3.Na.H/c18-8(24)1-2-32-7-5-33-15-11(14(28)23(15)12(7)16(29)30)21-13(27)10(22-31-3-9(25)26)6-4-34-17(19)20-6;;/h1-2,4,11,15H,3,5H2,(H2,18,24)(H2,19,20)(H,21,27)(H,25,26)(H,29,30);;/b2-1-,22-10-;;/t11-,15-;;/m1../s1. The average Bonchev–Trinajstić information content (AvgIpc) is 3.19. The van der Waals surface area contributed by atoms with Crippen LogP contribution in [-0.4, -0.2) is 109 Å². The molecule has 0 aliphatic carbocycles. The van der Waals surface area contributed by atoms with Gasteiger partial charge in [0.05, 0.1) is 0 Å². The number of nitrogens with one attached hydrogen (secondary N) is 1. The van der Waals surface area contributed by atoms with Gasteiger partial charge in [-0.15, -0.1) is 23.1 Å². The van der Waals surface area contributed by atoms with Crippen molar-refractivity contribution in [3.8, 4) is 0 Å². The molecule has 0 radical (unpaired) electrons. The molecule has 182 valence electrons. The Labute approximate surface area is 231 Å². The van der Waals surface area contributed by atoms with Gasteiger partial charge >= 0.3 is 41.5 Å². The van der Waals surface area contributed by atoms with E-state index >= 15 is 0 Å². The predicted octanol–water partition coefficient (Wildman–Crippen LogP) is -1.69. The van der Waals surface area contributed by atoms with Crippen molar-refractivity contribution in [2.75, 3.05) is 18.1 Å². The number of carboxylic acid groups (broad SMARTS) is 2. The summed E-state index contributed by atoms with van der Waals surface area (Å²) in [4.78, 5) is 68.9. The molecule has 0 aromatic carbocycles. The maximum atomic E-state index is 12.8. The fourth-order valence-corrected chi connectivity index (χ4v) is 5.71. The minimum absolute atomic E-state index is 0. The summed E-state index contributed by atoms with van der Waals surface area (Å²) in [5, 5.41) is 26.4. The molecule has 2 aliphatic rings. The van der Waals surface area contributed by atoms with E-state index in [2.05, 4.69) is 20.3 Å². The summed E-state index contributed by atoms with van der Waals surface area (Å²) in [5.74, 6) is -4.75. The summed E-state index contributed by atoms with van der Waals surface area (Å²) in [6, 6.07) is -1.08. The first-order valence-electron chi connectivity index (χ1n) is 9.08. The Balaban J connectivity index is 0.00000432. The van der Waals surface area contributed by atoms with Crippen molar-refractivity contribution in [2.24, 2.45) is 10.9 Å². The molecule has 1 saturated heterocycles. The monoisotopic (exact) mass is 552 g/mol. The van der Waals surface area contributed by atoms with E-state index < -0.39 is 53.4 Å². The molecule has 2 atom stereocenters. The number of aliphatic carboxylic acids is 2. The molecular formula is C17H17N6NaO8S3. The number of primary amides is 1. The molecule has 0 saturated carbocycles. The number of nitrogens with two attached hydrogens (primary N) is 2. The van der Waals surface area contributed by atoms with E-state index in [1.54, 1.807) is 0 Å². The third kappa shape index (κ3) is 6.77. The first-order valence-corrected chi connectivity index (χ1v) is 11.9. The molecule has 14 nitrogen and oxygen atoms in total. The number of carbonyl (C=O) groups is 5. The molecule has 3 heterocycles. The van der Waals surface area contributed by atoms with E-state index in [9.17, 15) is 29.1 Å². The van der Waals surface area contributed by atoms with Crippen molar-refractivity contribution >= 4 is 105 Å². The van der Waals surface area contributed by atoms with Crippen LogP contribution in [0.5, 0.6) is 0 Å². The van der Waals surface area contributed by atoms with Gasteiger partial charge in [-0.25, -0.2) is 14.6 Å². The SMILES string of the molecule is NC(=O)/C=C\SC1=C(C(=O)O)N2C(=O)[C@@H](NC(=O)/C(=N\OCC(=O)O)c3csc(N)n3)[C@H]2SC1.[NaH]. The summed E-state index contributed by atoms with van der Waals surface area (Å²) in [5.41, 5.74) is 9.95. The van der Waals surface area contributed by atoms with Crippen LogP contribution in [0, 0.1) is 0 Å². The zero-order valence-corrected chi connectivity index (χ0v) is 19.3. The number of hydrogen-bond acceptors (Lipinski definition) is 12. The van der Waals surface area contributed by atoms with Crippen LogP contribution in [0.2, 0.25) is 0 Å². The van der Waals surface area contributed by atoms with Crippen molar-refractivity contribution in [2.45, 2.75) is 11.4 Å². The number of nitrogens with zero attached hydrogens (tertiary/aromatic N) is 3. The first kappa shape index (κ1) is 28.7. The van der Waals surface area contributed by atoms with Crippen molar-refractivity contribution in [3.63, 3.8) is 0 Å². The second kappa shape index (κ2) is 12.4. The number of amides is 3. The van der Waals surface area contributed by atoms with Crippen molar-refractivity contribution in [3.05, 3.63) is 33.2 Å². The zero-order chi connectivity index (χ0) is 25.0. The second-order valence-corrected chi connectivity index (χ2v) is 9.43. The van der Waals surface area contributed by atoms with Gasteiger partial charge in [0.25, 0.3) is 11.8 Å². The van der Waals surface area contributed by atoms with Crippen molar-refractivity contribution in [1.82, 2.24) is 15.2 Å². The third-order valence-corrected chi connectivity index (χ3v) is 7.22. The predicted molar refractivity (Wildman–Crippen MR) is 129 cm³/mol. The van der Waals surface area contributed by atoms with Crippen LogP contribution in [0.3, 0.4) is 0 Å². The number of anilines is 1. The Hall–Kier alpha value is -2.57. The van der Waals surface area contributed by atoms with E-state index in [-0.39, 0.29) is 51.8 Å². The molecule has 3 rings (SSSR count). The van der Waals surface area contributed by atoms with Gasteiger partial charge in [0.15, 0.2) is 10.8 Å². The second-order valence-electron chi connectivity index (χ2n) is 6.44. The number of aromatic nitrogens is 1. The number of thiazole rings is 1. The zero-order valence-electron chi connectivity index (χ0n) is 16.9.